The molecule has 0 spiro atoms. The van der Waals surface area contributed by atoms with Crippen LogP contribution in [0.25, 0.3) is 0 Å². The minimum absolute atomic E-state index is 0.148. The molecule has 0 atom stereocenters. The molecule has 0 saturated carbocycles. The Kier molecular flexibility index (Phi) is 2.83. The summed E-state index contributed by atoms with van der Waals surface area (Å²) < 4.78 is 27.4. The number of nitrogens with zero attached hydrogens (tertiary/aromatic N) is 5. The molecule has 3 rings (SSSR count). The van der Waals surface area contributed by atoms with Crippen LogP contribution < -0.4 is 0 Å². The van der Waals surface area contributed by atoms with Gasteiger partial charge in [0, 0.05) is 44.1 Å². The number of hydrogen-bond donors (Lipinski definition) is 0. The third-order valence-electron chi connectivity index (χ3n) is 3.19. The highest BCUT2D eigenvalue weighted by molar-refractivity contribution is 7.89. The van der Waals surface area contributed by atoms with Gasteiger partial charge in [0.05, 0.1) is 6.20 Å². The Bertz CT molecular complexity index is 676. The smallest absolute Gasteiger partial charge is 0.246 e. The van der Waals surface area contributed by atoms with Crippen LogP contribution >= 0.6 is 0 Å². The number of hydrogen-bond acceptors (Lipinski definition) is 5. The summed E-state index contributed by atoms with van der Waals surface area (Å²) in [4.78, 5) is 8.23. The van der Waals surface area contributed by atoms with Crippen molar-refractivity contribution in [3.05, 3.63) is 36.7 Å². The van der Waals surface area contributed by atoms with Crippen molar-refractivity contribution in [1.82, 2.24) is 24.1 Å². The highest BCUT2D eigenvalue weighted by Crippen LogP contribution is 2.30. The van der Waals surface area contributed by atoms with Gasteiger partial charge in [-0.05, 0) is 6.07 Å². The van der Waals surface area contributed by atoms with Crippen molar-refractivity contribution in [2.75, 3.05) is 13.1 Å². The van der Waals surface area contributed by atoms with Crippen molar-refractivity contribution >= 4 is 10.0 Å². The van der Waals surface area contributed by atoms with Gasteiger partial charge in [0.1, 0.15) is 11.2 Å². The van der Waals surface area contributed by atoms with Gasteiger partial charge < -0.3 is 0 Å². The van der Waals surface area contributed by atoms with E-state index in [9.17, 15) is 8.42 Å². The lowest BCUT2D eigenvalue weighted by molar-refractivity contribution is 0.260. The van der Waals surface area contributed by atoms with Crippen molar-refractivity contribution in [3.63, 3.8) is 0 Å². The number of sulfonamides is 1. The molecule has 1 aliphatic rings. The molecule has 1 fully saturated rings. The Labute approximate surface area is 111 Å². The van der Waals surface area contributed by atoms with Crippen LogP contribution in [0.1, 0.15) is 11.6 Å². The van der Waals surface area contributed by atoms with Crippen LogP contribution in [0.15, 0.2) is 35.9 Å². The van der Waals surface area contributed by atoms with E-state index in [0.29, 0.717) is 13.1 Å². The van der Waals surface area contributed by atoms with E-state index in [4.69, 9.17) is 0 Å². The first-order chi connectivity index (χ1) is 9.07. The number of aryl methyl sites for hydroxylation is 1. The first kappa shape index (κ1) is 12.2. The van der Waals surface area contributed by atoms with Crippen molar-refractivity contribution in [3.8, 4) is 0 Å². The van der Waals surface area contributed by atoms with Crippen molar-refractivity contribution < 1.29 is 8.42 Å². The first-order valence-electron chi connectivity index (χ1n) is 5.82. The fourth-order valence-electron chi connectivity index (χ4n) is 2.04. The average molecular weight is 279 g/mol. The summed E-state index contributed by atoms with van der Waals surface area (Å²) in [7, 11) is -1.72. The molecule has 100 valence electrons. The van der Waals surface area contributed by atoms with Gasteiger partial charge in [-0.15, -0.1) is 0 Å². The van der Waals surface area contributed by atoms with Crippen LogP contribution in [0.4, 0.5) is 0 Å². The van der Waals surface area contributed by atoms with E-state index >= 15 is 0 Å². The van der Waals surface area contributed by atoms with Gasteiger partial charge in [0.25, 0.3) is 0 Å². The minimum Gasteiger partial charge on any atom is -0.274 e. The van der Waals surface area contributed by atoms with Gasteiger partial charge in [0.15, 0.2) is 0 Å². The van der Waals surface area contributed by atoms with E-state index in [-0.39, 0.29) is 10.8 Å². The molecule has 19 heavy (non-hydrogen) atoms. The summed E-state index contributed by atoms with van der Waals surface area (Å²) in [6, 6.07) is 1.82. The maximum absolute atomic E-state index is 12.2. The van der Waals surface area contributed by atoms with E-state index in [1.54, 1.807) is 13.2 Å². The SMILES string of the molecule is Cn1cc(S(=O)(=O)N2CC(c3ccncn3)C2)cn1. The molecule has 0 aromatic carbocycles. The zero-order valence-electron chi connectivity index (χ0n) is 10.3. The molecule has 7 nitrogen and oxygen atoms in total. The minimum atomic E-state index is -3.42. The van der Waals surface area contributed by atoms with E-state index in [0.717, 1.165) is 5.69 Å². The molecule has 0 aliphatic carbocycles. The maximum atomic E-state index is 12.2. The molecule has 3 heterocycles. The fraction of sp³-hybridized carbons (Fsp3) is 0.364. The molecule has 1 aliphatic heterocycles. The predicted molar refractivity (Wildman–Crippen MR) is 66.7 cm³/mol. The second-order valence-electron chi connectivity index (χ2n) is 4.50. The van der Waals surface area contributed by atoms with Gasteiger partial charge in [-0.3, -0.25) is 4.68 Å². The molecule has 0 amide bonds. The lowest BCUT2D eigenvalue weighted by Gasteiger charge is -2.37. The molecule has 2 aromatic rings. The summed E-state index contributed by atoms with van der Waals surface area (Å²) in [6.45, 7) is 0.905. The summed E-state index contributed by atoms with van der Waals surface area (Å²) in [5.74, 6) is 0.148. The lowest BCUT2D eigenvalue weighted by atomic mass is 9.99. The van der Waals surface area contributed by atoms with Crippen LogP contribution in [0, 0.1) is 0 Å². The van der Waals surface area contributed by atoms with Gasteiger partial charge >= 0.3 is 0 Å². The van der Waals surface area contributed by atoms with Crippen LogP contribution in [0.3, 0.4) is 0 Å². The highest BCUT2D eigenvalue weighted by atomic mass is 32.2. The Morgan fingerprint density at radius 2 is 2.16 bits per heavy atom. The summed E-state index contributed by atoms with van der Waals surface area (Å²) in [5.41, 5.74) is 0.882. The van der Waals surface area contributed by atoms with Crippen molar-refractivity contribution in [2.45, 2.75) is 10.8 Å². The quantitative estimate of drug-likeness (QED) is 0.790. The molecular formula is C11H13N5O2S. The summed E-state index contributed by atoms with van der Waals surface area (Å²) in [5, 5.41) is 3.89. The largest absolute Gasteiger partial charge is 0.274 e. The van der Waals surface area contributed by atoms with Crippen molar-refractivity contribution in [1.29, 1.82) is 0 Å². The van der Waals surface area contributed by atoms with Crippen LogP contribution in [-0.4, -0.2) is 45.6 Å². The molecule has 0 unspecified atom stereocenters. The topological polar surface area (TPSA) is 81.0 Å². The zero-order valence-corrected chi connectivity index (χ0v) is 11.2. The Morgan fingerprint density at radius 3 is 2.74 bits per heavy atom. The van der Waals surface area contributed by atoms with E-state index in [1.807, 2.05) is 6.07 Å². The first-order valence-corrected chi connectivity index (χ1v) is 7.26. The van der Waals surface area contributed by atoms with E-state index in [2.05, 4.69) is 15.1 Å². The third kappa shape index (κ3) is 2.13. The van der Waals surface area contributed by atoms with Gasteiger partial charge in [-0.2, -0.15) is 9.40 Å². The predicted octanol–water partition coefficient (Wildman–Crippen LogP) is -0.00180. The Balaban J connectivity index is 1.74. The second kappa shape index (κ2) is 4.39. The van der Waals surface area contributed by atoms with Gasteiger partial charge in [-0.25, -0.2) is 18.4 Å². The highest BCUT2D eigenvalue weighted by Gasteiger charge is 2.38. The third-order valence-corrected chi connectivity index (χ3v) is 4.97. The molecule has 0 bridgehead atoms. The van der Waals surface area contributed by atoms with E-state index in [1.165, 1.54) is 27.7 Å². The van der Waals surface area contributed by atoms with Gasteiger partial charge in [0.2, 0.25) is 10.0 Å². The number of aromatic nitrogens is 4. The summed E-state index contributed by atoms with van der Waals surface area (Å²) in [6.07, 6.45) is 6.02. The molecule has 8 heteroatoms. The number of rotatable bonds is 3. The van der Waals surface area contributed by atoms with Crippen LogP contribution in [0.5, 0.6) is 0 Å². The normalized spacial score (nSPS) is 17.3. The molecule has 0 N–H and O–H groups in total. The molecule has 1 saturated heterocycles. The zero-order chi connectivity index (χ0) is 13.5. The fourth-order valence-corrected chi connectivity index (χ4v) is 3.56. The molecule has 2 aromatic heterocycles. The standard InChI is InChI=1S/C11H13N5O2S/c1-15-7-10(4-14-15)19(17,18)16-5-9(6-16)11-2-3-12-8-13-11/h2-4,7-9H,5-6H2,1H3. The Morgan fingerprint density at radius 1 is 1.37 bits per heavy atom. The van der Waals surface area contributed by atoms with Crippen LogP contribution in [0.2, 0.25) is 0 Å². The molecular weight excluding hydrogens is 266 g/mol. The Hall–Kier alpha value is -1.80. The van der Waals surface area contributed by atoms with Crippen LogP contribution in [-0.2, 0) is 17.1 Å². The summed E-state index contributed by atoms with van der Waals surface area (Å²) >= 11 is 0. The lowest BCUT2D eigenvalue weighted by Crippen LogP contribution is -2.48. The monoisotopic (exact) mass is 279 g/mol. The maximum Gasteiger partial charge on any atom is 0.246 e. The second-order valence-corrected chi connectivity index (χ2v) is 6.44. The van der Waals surface area contributed by atoms with E-state index < -0.39 is 10.0 Å². The van der Waals surface area contributed by atoms with Crippen molar-refractivity contribution in [2.24, 2.45) is 7.05 Å². The molecule has 0 radical (unpaired) electrons. The van der Waals surface area contributed by atoms with Gasteiger partial charge in [-0.1, -0.05) is 0 Å². The average Bonchev–Trinajstić information content (AvgIpc) is 2.76.